The molecule has 1 atom stereocenters. The molecule has 0 saturated heterocycles. The van der Waals surface area contributed by atoms with Crippen molar-refractivity contribution in [2.75, 3.05) is 14.2 Å². The normalized spacial score (nSPS) is 13.5. The lowest BCUT2D eigenvalue weighted by molar-refractivity contribution is -0.383. The third-order valence-electron chi connectivity index (χ3n) is 6.87. The van der Waals surface area contributed by atoms with E-state index in [2.05, 4.69) is 9.72 Å². The summed E-state index contributed by atoms with van der Waals surface area (Å²) in [7, 11) is 1.75. The van der Waals surface area contributed by atoms with Crippen LogP contribution in [0.1, 0.15) is 43.8 Å². The van der Waals surface area contributed by atoms with Crippen molar-refractivity contribution in [3.63, 3.8) is 0 Å². The van der Waals surface area contributed by atoms with Gasteiger partial charge in [-0.2, -0.15) is 26.3 Å². The average Bonchev–Trinajstić information content (AvgIpc) is 2.93. The largest absolute Gasteiger partial charge is 0.444 e. The van der Waals surface area contributed by atoms with Crippen LogP contribution in [0.25, 0.3) is 16.6 Å². The number of halogens is 6. The first-order chi connectivity index (χ1) is 20.4. The van der Waals surface area contributed by atoms with Crippen molar-refractivity contribution in [1.82, 2.24) is 14.5 Å². The van der Waals surface area contributed by atoms with Crippen molar-refractivity contribution in [2.45, 2.75) is 50.4 Å². The number of amides is 1. The van der Waals surface area contributed by atoms with Gasteiger partial charge in [0.05, 0.1) is 16.6 Å². The molecule has 3 aromatic carbocycles. The number of hydrogen-bond donors (Lipinski definition) is 0. The van der Waals surface area contributed by atoms with Crippen molar-refractivity contribution in [3.8, 4) is 5.69 Å². The predicted octanol–water partition coefficient (Wildman–Crippen LogP) is 7.31. The molecule has 4 rings (SSSR count). The van der Waals surface area contributed by atoms with Gasteiger partial charge >= 0.3 is 18.4 Å². The molecule has 0 aliphatic heterocycles. The maximum Gasteiger partial charge on any atom is 0.430 e. The summed E-state index contributed by atoms with van der Waals surface area (Å²) in [6.07, 6.45) is -12.5. The quantitative estimate of drug-likeness (QED) is 0.211. The molecule has 1 aromatic heterocycles. The van der Waals surface area contributed by atoms with E-state index in [9.17, 15) is 35.9 Å². The number of carbonyl (C=O) groups excluding carboxylic acids is 1. The third-order valence-corrected chi connectivity index (χ3v) is 6.87. The van der Waals surface area contributed by atoms with Gasteiger partial charge in [0.25, 0.3) is 11.2 Å². The monoisotopic (exact) mass is 621 g/mol. The fraction of sp³-hybridized carbons (Fsp3) is 0.323. The minimum absolute atomic E-state index is 0.0364. The zero-order chi connectivity index (χ0) is 32.7. The second kappa shape index (κ2) is 11.6. The molecule has 13 heteroatoms. The molecule has 234 valence electrons. The van der Waals surface area contributed by atoms with Crippen LogP contribution in [0.5, 0.6) is 0 Å². The van der Waals surface area contributed by atoms with E-state index in [-0.39, 0.29) is 22.4 Å². The van der Waals surface area contributed by atoms with Gasteiger partial charge in [-0.3, -0.25) is 14.3 Å². The van der Waals surface area contributed by atoms with Crippen LogP contribution in [-0.2, 0) is 15.1 Å². The number of ether oxygens (including phenoxy) is 2. The number of alkyl halides is 6. The van der Waals surface area contributed by atoms with Gasteiger partial charge in [0.15, 0.2) is 0 Å². The summed E-state index contributed by atoms with van der Waals surface area (Å²) in [5.41, 5.74) is -6.74. The first kappa shape index (κ1) is 32.5. The molecular weight excluding hydrogens is 592 g/mol. The van der Waals surface area contributed by atoms with Crippen molar-refractivity contribution in [2.24, 2.45) is 0 Å². The zero-order valence-electron chi connectivity index (χ0n) is 24.3. The van der Waals surface area contributed by atoms with Crippen LogP contribution in [0, 0.1) is 0 Å². The number of fused-ring (bicyclic) bond motifs is 1. The standard InChI is InChI=1S/C31H29F6N3O4/c1-28(2,3)44-27(42)39(4)24(19-11-7-6-8-12-19)25-38-23-14-10-9-13-22(23)26(41)40(25)21-17-15-20(16-18-21)29(43-5,30(32,33)34)31(35,36)37/h6-18,24H,1-5H3. The van der Waals surface area contributed by atoms with Crippen LogP contribution in [-0.4, -0.2) is 52.7 Å². The maximum absolute atomic E-state index is 14.0. The number of benzene rings is 3. The Balaban J connectivity index is 2.01. The van der Waals surface area contributed by atoms with Crippen LogP contribution in [0.3, 0.4) is 0 Å². The zero-order valence-corrected chi connectivity index (χ0v) is 24.3. The van der Waals surface area contributed by atoms with Gasteiger partial charge in [0.2, 0.25) is 0 Å². The Bertz CT molecular complexity index is 1680. The molecule has 4 aromatic rings. The molecule has 0 aliphatic carbocycles. The number of hydrogen-bond acceptors (Lipinski definition) is 5. The molecule has 0 aliphatic rings. The van der Waals surface area contributed by atoms with Crippen LogP contribution in [0.15, 0.2) is 83.7 Å². The lowest BCUT2D eigenvalue weighted by atomic mass is 9.91. The Hall–Kier alpha value is -4.39. The molecule has 44 heavy (non-hydrogen) atoms. The minimum Gasteiger partial charge on any atom is -0.444 e. The van der Waals surface area contributed by atoms with Gasteiger partial charge in [-0.05, 0) is 50.6 Å². The molecule has 1 amide bonds. The molecular formula is C31H29F6N3O4. The topological polar surface area (TPSA) is 73.7 Å². The van der Waals surface area contributed by atoms with Crippen molar-refractivity contribution < 1.29 is 40.6 Å². The number of rotatable bonds is 6. The summed E-state index contributed by atoms with van der Waals surface area (Å²) >= 11 is 0. The molecule has 0 spiro atoms. The number of nitrogens with zero attached hydrogens (tertiary/aromatic N) is 3. The molecule has 0 radical (unpaired) electrons. The van der Waals surface area contributed by atoms with Crippen molar-refractivity contribution >= 4 is 17.0 Å². The highest BCUT2D eigenvalue weighted by molar-refractivity contribution is 5.78. The number of aromatic nitrogens is 2. The summed E-state index contributed by atoms with van der Waals surface area (Å²) in [6.45, 7) is 5.01. The lowest BCUT2D eigenvalue weighted by Gasteiger charge is -2.36. The second-order valence-corrected chi connectivity index (χ2v) is 11.0. The van der Waals surface area contributed by atoms with E-state index in [0.717, 1.165) is 16.7 Å². The Morgan fingerprint density at radius 3 is 1.91 bits per heavy atom. The number of carbonyl (C=O) groups is 1. The van der Waals surface area contributed by atoms with Gasteiger partial charge in [-0.25, -0.2) is 9.78 Å². The summed E-state index contributed by atoms with van der Waals surface area (Å²) in [5, 5.41) is 0.129. The van der Waals surface area contributed by atoms with Crippen LogP contribution in [0.2, 0.25) is 0 Å². The second-order valence-electron chi connectivity index (χ2n) is 11.0. The first-order valence-corrected chi connectivity index (χ1v) is 13.2. The highest BCUT2D eigenvalue weighted by Gasteiger charge is 2.73. The van der Waals surface area contributed by atoms with Crippen LogP contribution >= 0.6 is 0 Å². The first-order valence-electron chi connectivity index (χ1n) is 13.2. The van der Waals surface area contributed by atoms with E-state index in [1.165, 1.54) is 18.0 Å². The van der Waals surface area contributed by atoms with E-state index in [0.29, 0.717) is 24.8 Å². The Kier molecular flexibility index (Phi) is 8.58. The summed E-state index contributed by atoms with van der Waals surface area (Å²) in [5.74, 6) is -0.0364. The minimum atomic E-state index is -5.86. The molecule has 0 bridgehead atoms. The molecule has 0 saturated carbocycles. The SMILES string of the molecule is COC(c1ccc(-n2c(C(c3ccccc3)N(C)C(=O)OC(C)(C)C)nc3ccccc3c2=O)cc1)(C(F)(F)F)C(F)(F)F. The fourth-order valence-electron chi connectivity index (χ4n) is 4.89. The summed E-state index contributed by atoms with van der Waals surface area (Å²) in [6, 6.07) is 16.8. The van der Waals surface area contributed by atoms with E-state index in [1.54, 1.807) is 69.3 Å². The van der Waals surface area contributed by atoms with Gasteiger partial charge in [0, 0.05) is 19.7 Å². The van der Waals surface area contributed by atoms with Gasteiger partial charge in [-0.15, -0.1) is 0 Å². The van der Waals surface area contributed by atoms with Crippen molar-refractivity contribution in [3.05, 3.63) is 106 Å². The van der Waals surface area contributed by atoms with Crippen LogP contribution in [0.4, 0.5) is 31.1 Å². The number of para-hydroxylation sites is 1. The highest BCUT2D eigenvalue weighted by atomic mass is 19.4. The van der Waals surface area contributed by atoms with Gasteiger partial charge in [-0.1, -0.05) is 54.6 Å². The van der Waals surface area contributed by atoms with E-state index >= 15 is 0 Å². The molecule has 1 heterocycles. The molecule has 1 unspecified atom stereocenters. The average molecular weight is 622 g/mol. The Labute approximate surface area is 248 Å². The van der Waals surface area contributed by atoms with Crippen LogP contribution < -0.4 is 5.56 Å². The molecule has 7 nitrogen and oxygen atoms in total. The third kappa shape index (κ3) is 5.88. The maximum atomic E-state index is 14.0. The smallest absolute Gasteiger partial charge is 0.430 e. The van der Waals surface area contributed by atoms with Crippen molar-refractivity contribution in [1.29, 1.82) is 0 Å². The van der Waals surface area contributed by atoms with E-state index in [1.807, 2.05) is 0 Å². The fourth-order valence-corrected chi connectivity index (χ4v) is 4.89. The Morgan fingerprint density at radius 2 is 1.39 bits per heavy atom. The Morgan fingerprint density at radius 1 is 0.841 bits per heavy atom. The van der Waals surface area contributed by atoms with Gasteiger partial charge < -0.3 is 9.47 Å². The van der Waals surface area contributed by atoms with E-state index < -0.39 is 46.8 Å². The number of methoxy groups -OCH3 is 1. The highest BCUT2D eigenvalue weighted by Crippen LogP contribution is 2.52. The summed E-state index contributed by atoms with van der Waals surface area (Å²) < 4.78 is 94.1. The van der Waals surface area contributed by atoms with E-state index in [4.69, 9.17) is 4.74 Å². The lowest BCUT2D eigenvalue weighted by Crippen LogP contribution is -2.55. The predicted molar refractivity (Wildman–Crippen MR) is 150 cm³/mol. The molecule has 0 N–H and O–H groups in total. The molecule has 0 fully saturated rings. The summed E-state index contributed by atoms with van der Waals surface area (Å²) in [4.78, 5) is 33.1. The van der Waals surface area contributed by atoms with Gasteiger partial charge in [0.1, 0.15) is 17.5 Å².